The molecule has 2 aromatic heterocycles. The summed E-state index contributed by atoms with van der Waals surface area (Å²) in [5.74, 6) is 1.80. The Balaban J connectivity index is 1.41. The molecule has 1 fully saturated rings. The number of carbonyl (C=O) groups is 1. The molecule has 0 bridgehead atoms. The molecule has 0 unspecified atom stereocenters. The number of rotatable bonds is 5. The monoisotopic (exact) mass is 414 g/mol. The second-order valence-electron chi connectivity index (χ2n) is 7.28. The predicted octanol–water partition coefficient (Wildman–Crippen LogP) is 2.92. The van der Waals surface area contributed by atoms with Gasteiger partial charge in [0.1, 0.15) is 16.3 Å². The highest BCUT2D eigenvalue weighted by Crippen LogP contribution is 2.29. The Bertz CT molecular complexity index is 1000. The zero-order valence-corrected chi connectivity index (χ0v) is 18.1. The van der Waals surface area contributed by atoms with Crippen LogP contribution in [0.4, 0.5) is 0 Å². The summed E-state index contributed by atoms with van der Waals surface area (Å²) in [6.45, 7) is 5.85. The van der Waals surface area contributed by atoms with Gasteiger partial charge in [0, 0.05) is 50.7 Å². The fourth-order valence-electron chi connectivity index (χ4n) is 3.82. The third kappa shape index (κ3) is 3.82. The summed E-state index contributed by atoms with van der Waals surface area (Å²) in [4.78, 5) is 19.1. The Hall–Kier alpha value is -2.58. The van der Waals surface area contributed by atoms with Gasteiger partial charge in [0.2, 0.25) is 0 Å². The van der Waals surface area contributed by atoms with Crippen molar-refractivity contribution in [2.75, 3.05) is 40.4 Å². The van der Waals surface area contributed by atoms with Gasteiger partial charge >= 0.3 is 0 Å². The van der Waals surface area contributed by atoms with E-state index in [9.17, 15) is 4.79 Å². The van der Waals surface area contributed by atoms with Gasteiger partial charge in [0.15, 0.2) is 0 Å². The Morgan fingerprint density at radius 2 is 1.90 bits per heavy atom. The number of carbonyl (C=O) groups excluding carboxylic acids is 1. The standard InChI is InChI=1S/C21H26N4O3S/c1-14-17-12-19(29-21(17)23(2)22-14)20(26)25-9-7-24(8-10-25)13-15-11-16(27-3)5-6-18(15)28-4/h5-6,11-12H,7-10,13H2,1-4H3. The average molecular weight is 415 g/mol. The molecule has 0 aliphatic carbocycles. The third-order valence-corrected chi connectivity index (χ3v) is 6.64. The number of thiophene rings is 1. The topological polar surface area (TPSA) is 59.8 Å². The molecule has 1 aliphatic heterocycles. The second-order valence-corrected chi connectivity index (χ2v) is 8.32. The molecule has 1 aliphatic rings. The summed E-state index contributed by atoms with van der Waals surface area (Å²) in [6, 6.07) is 7.84. The minimum atomic E-state index is 0.115. The Morgan fingerprint density at radius 1 is 1.14 bits per heavy atom. The number of methoxy groups -OCH3 is 2. The molecule has 0 N–H and O–H groups in total. The number of hydrogen-bond acceptors (Lipinski definition) is 6. The molecule has 1 saturated heterocycles. The molecule has 0 saturated carbocycles. The fourth-order valence-corrected chi connectivity index (χ4v) is 4.91. The largest absolute Gasteiger partial charge is 0.497 e. The van der Waals surface area contributed by atoms with Gasteiger partial charge in [0.05, 0.1) is 24.8 Å². The predicted molar refractivity (Wildman–Crippen MR) is 114 cm³/mol. The van der Waals surface area contributed by atoms with E-state index in [1.807, 2.05) is 47.8 Å². The summed E-state index contributed by atoms with van der Waals surface area (Å²) in [6.07, 6.45) is 0. The van der Waals surface area contributed by atoms with Crippen molar-refractivity contribution < 1.29 is 14.3 Å². The van der Waals surface area contributed by atoms with Gasteiger partial charge in [-0.3, -0.25) is 14.4 Å². The Labute approximate surface area is 174 Å². The lowest BCUT2D eigenvalue weighted by Gasteiger charge is -2.34. The van der Waals surface area contributed by atoms with E-state index >= 15 is 0 Å². The first-order valence-electron chi connectivity index (χ1n) is 9.66. The van der Waals surface area contributed by atoms with Crippen LogP contribution in [-0.2, 0) is 13.6 Å². The van der Waals surface area contributed by atoms with Crippen LogP contribution in [0.15, 0.2) is 24.3 Å². The molecule has 8 heteroatoms. The minimum absolute atomic E-state index is 0.115. The maximum atomic E-state index is 13.0. The van der Waals surface area contributed by atoms with Crippen molar-refractivity contribution in [3.8, 4) is 11.5 Å². The van der Waals surface area contributed by atoms with Crippen molar-refractivity contribution in [1.82, 2.24) is 19.6 Å². The number of amides is 1. The van der Waals surface area contributed by atoms with Crippen LogP contribution in [0.5, 0.6) is 11.5 Å². The number of nitrogens with zero attached hydrogens (tertiary/aromatic N) is 4. The lowest BCUT2D eigenvalue weighted by molar-refractivity contribution is 0.0632. The maximum absolute atomic E-state index is 13.0. The minimum Gasteiger partial charge on any atom is -0.497 e. The lowest BCUT2D eigenvalue weighted by atomic mass is 10.1. The highest BCUT2D eigenvalue weighted by molar-refractivity contribution is 7.20. The number of piperazine rings is 1. The summed E-state index contributed by atoms with van der Waals surface area (Å²) in [5.41, 5.74) is 2.06. The number of benzene rings is 1. The number of aromatic nitrogens is 2. The average Bonchev–Trinajstić information content (AvgIpc) is 3.29. The van der Waals surface area contributed by atoms with Crippen LogP contribution in [0.3, 0.4) is 0 Å². The molecule has 3 aromatic rings. The first kappa shape index (κ1) is 19.7. The normalized spacial score (nSPS) is 15.1. The number of ether oxygens (including phenoxy) is 2. The van der Waals surface area contributed by atoms with Crippen LogP contribution in [-0.4, -0.2) is 65.9 Å². The highest BCUT2D eigenvalue weighted by Gasteiger charge is 2.25. The van der Waals surface area contributed by atoms with Gasteiger partial charge < -0.3 is 14.4 Å². The van der Waals surface area contributed by atoms with E-state index in [-0.39, 0.29) is 5.91 Å². The van der Waals surface area contributed by atoms with Gasteiger partial charge in [0.25, 0.3) is 5.91 Å². The van der Waals surface area contributed by atoms with E-state index in [2.05, 4.69) is 10.00 Å². The third-order valence-electron chi connectivity index (χ3n) is 5.45. The van der Waals surface area contributed by atoms with Gasteiger partial charge in [-0.15, -0.1) is 11.3 Å². The summed E-state index contributed by atoms with van der Waals surface area (Å²) in [7, 11) is 5.28. The van der Waals surface area contributed by atoms with E-state index in [0.717, 1.165) is 70.6 Å². The van der Waals surface area contributed by atoms with Crippen molar-refractivity contribution in [3.05, 3.63) is 40.4 Å². The lowest BCUT2D eigenvalue weighted by Crippen LogP contribution is -2.48. The molecule has 1 aromatic carbocycles. The highest BCUT2D eigenvalue weighted by atomic mass is 32.1. The summed E-state index contributed by atoms with van der Waals surface area (Å²) in [5, 5.41) is 5.49. The summed E-state index contributed by atoms with van der Waals surface area (Å²) < 4.78 is 12.7. The quantitative estimate of drug-likeness (QED) is 0.643. The smallest absolute Gasteiger partial charge is 0.264 e. The van der Waals surface area contributed by atoms with Crippen molar-refractivity contribution in [2.24, 2.45) is 7.05 Å². The molecule has 29 heavy (non-hydrogen) atoms. The van der Waals surface area contributed by atoms with E-state index in [1.165, 1.54) is 11.3 Å². The zero-order chi connectivity index (χ0) is 20.5. The summed E-state index contributed by atoms with van der Waals surface area (Å²) >= 11 is 1.52. The Morgan fingerprint density at radius 3 is 2.55 bits per heavy atom. The van der Waals surface area contributed by atoms with Gasteiger partial charge in [-0.25, -0.2) is 0 Å². The molecule has 1 amide bonds. The number of aryl methyl sites for hydroxylation is 2. The Kier molecular flexibility index (Phi) is 5.47. The van der Waals surface area contributed by atoms with Crippen LogP contribution >= 0.6 is 11.3 Å². The molecule has 0 atom stereocenters. The van der Waals surface area contributed by atoms with Crippen molar-refractivity contribution >= 4 is 27.5 Å². The maximum Gasteiger partial charge on any atom is 0.264 e. The number of hydrogen-bond donors (Lipinski definition) is 0. The second kappa shape index (κ2) is 8.04. The number of fused-ring (bicyclic) bond motifs is 1. The zero-order valence-electron chi connectivity index (χ0n) is 17.3. The van der Waals surface area contributed by atoms with Gasteiger partial charge in [-0.05, 0) is 31.2 Å². The SMILES string of the molecule is COc1ccc(OC)c(CN2CCN(C(=O)c3cc4c(C)nn(C)c4s3)CC2)c1. The molecule has 0 radical (unpaired) electrons. The van der Waals surface area contributed by atoms with E-state index in [1.54, 1.807) is 14.2 Å². The van der Waals surface area contributed by atoms with Gasteiger partial charge in [-0.1, -0.05) is 0 Å². The van der Waals surface area contributed by atoms with Crippen LogP contribution in [0.25, 0.3) is 10.2 Å². The first-order chi connectivity index (χ1) is 14.0. The van der Waals surface area contributed by atoms with Crippen LogP contribution < -0.4 is 9.47 Å². The van der Waals surface area contributed by atoms with Crippen LogP contribution in [0.2, 0.25) is 0 Å². The van der Waals surface area contributed by atoms with Crippen molar-refractivity contribution in [1.29, 1.82) is 0 Å². The molecule has 154 valence electrons. The molecule has 3 heterocycles. The van der Waals surface area contributed by atoms with Crippen LogP contribution in [0, 0.1) is 6.92 Å². The van der Waals surface area contributed by atoms with E-state index < -0.39 is 0 Å². The van der Waals surface area contributed by atoms with Crippen molar-refractivity contribution in [2.45, 2.75) is 13.5 Å². The molecular weight excluding hydrogens is 388 g/mol. The van der Waals surface area contributed by atoms with Crippen LogP contribution in [0.1, 0.15) is 20.9 Å². The molecule has 4 rings (SSSR count). The molecule has 0 spiro atoms. The first-order valence-corrected chi connectivity index (χ1v) is 10.5. The molecular formula is C21H26N4O3S. The van der Waals surface area contributed by atoms with Crippen molar-refractivity contribution in [3.63, 3.8) is 0 Å². The fraction of sp³-hybridized carbons (Fsp3) is 0.429. The van der Waals surface area contributed by atoms with E-state index in [4.69, 9.17) is 9.47 Å². The molecule has 7 nitrogen and oxygen atoms in total. The van der Waals surface area contributed by atoms with Gasteiger partial charge in [-0.2, -0.15) is 5.10 Å². The van der Waals surface area contributed by atoms with E-state index in [0.29, 0.717) is 0 Å².